The monoisotopic (exact) mass is 263 g/mol. The molecule has 0 aromatic heterocycles. The Morgan fingerprint density at radius 1 is 1.16 bits per heavy atom. The largest absolute Gasteiger partial charge is 0.496 e. The topological polar surface area (TPSA) is 30.5 Å². The number of benzene rings is 1. The van der Waals surface area contributed by atoms with Crippen molar-refractivity contribution in [1.82, 2.24) is 5.32 Å². The van der Waals surface area contributed by atoms with Gasteiger partial charge in [0.25, 0.3) is 0 Å². The highest BCUT2D eigenvalue weighted by atomic mass is 16.5. The van der Waals surface area contributed by atoms with Crippen molar-refractivity contribution >= 4 is 0 Å². The maximum absolute atomic E-state index is 5.58. The molecule has 0 spiro atoms. The lowest BCUT2D eigenvalue weighted by molar-refractivity contribution is 0.388. The van der Waals surface area contributed by atoms with Gasteiger partial charge in [-0.3, -0.25) is 0 Å². The second-order valence-electron chi connectivity index (χ2n) is 5.84. The Balaban J connectivity index is 2.32. The van der Waals surface area contributed by atoms with Gasteiger partial charge in [-0.2, -0.15) is 0 Å². The first-order valence-corrected chi connectivity index (χ1v) is 6.99. The molecule has 0 atom stereocenters. The van der Waals surface area contributed by atoms with Crippen molar-refractivity contribution in [1.29, 1.82) is 0 Å². The van der Waals surface area contributed by atoms with E-state index in [2.05, 4.69) is 38.2 Å². The summed E-state index contributed by atoms with van der Waals surface area (Å²) in [5.41, 5.74) is 2.64. The molecule has 3 heteroatoms. The number of ether oxygens (including phenoxy) is 2. The van der Waals surface area contributed by atoms with Gasteiger partial charge in [0.1, 0.15) is 11.5 Å². The van der Waals surface area contributed by atoms with Crippen molar-refractivity contribution in [2.24, 2.45) is 0 Å². The van der Waals surface area contributed by atoms with E-state index in [1.807, 2.05) is 0 Å². The average molecular weight is 263 g/mol. The normalized spacial score (nSPS) is 16.5. The Morgan fingerprint density at radius 3 is 2.26 bits per heavy atom. The molecule has 0 saturated heterocycles. The zero-order valence-electron chi connectivity index (χ0n) is 12.7. The lowest BCUT2D eigenvalue weighted by Gasteiger charge is -2.22. The van der Waals surface area contributed by atoms with Crippen molar-refractivity contribution in [3.8, 4) is 11.5 Å². The minimum atomic E-state index is 0.233. The lowest BCUT2D eigenvalue weighted by Crippen LogP contribution is -2.32. The summed E-state index contributed by atoms with van der Waals surface area (Å²) in [4.78, 5) is 0. The summed E-state index contributed by atoms with van der Waals surface area (Å²) in [5.74, 6) is 1.94. The molecule has 1 aromatic carbocycles. The molecule has 1 fully saturated rings. The molecule has 0 bridgehead atoms. The van der Waals surface area contributed by atoms with Crippen LogP contribution in [0.5, 0.6) is 11.5 Å². The molecule has 1 aliphatic carbocycles. The van der Waals surface area contributed by atoms with Crippen LogP contribution in [0.25, 0.3) is 0 Å². The van der Waals surface area contributed by atoms with E-state index in [-0.39, 0.29) is 5.41 Å². The van der Waals surface area contributed by atoms with Crippen molar-refractivity contribution in [3.05, 3.63) is 23.3 Å². The van der Waals surface area contributed by atoms with Gasteiger partial charge in [-0.15, -0.1) is 0 Å². The summed E-state index contributed by atoms with van der Waals surface area (Å²) < 4.78 is 11.0. The molecule has 2 rings (SSSR count). The Hall–Kier alpha value is -1.22. The predicted molar refractivity (Wildman–Crippen MR) is 78.3 cm³/mol. The van der Waals surface area contributed by atoms with Crippen LogP contribution in [0.1, 0.15) is 37.8 Å². The zero-order chi connectivity index (χ0) is 14.0. The van der Waals surface area contributed by atoms with E-state index in [1.54, 1.807) is 14.2 Å². The quantitative estimate of drug-likeness (QED) is 0.855. The van der Waals surface area contributed by atoms with Crippen LogP contribution in [0.3, 0.4) is 0 Å². The maximum atomic E-state index is 5.58. The summed E-state index contributed by atoms with van der Waals surface area (Å²) in [6, 6.07) is 4.75. The van der Waals surface area contributed by atoms with Crippen molar-refractivity contribution in [2.75, 3.05) is 20.8 Å². The highest BCUT2D eigenvalue weighted by Crippen LogP contribution is 2.52. The smallest absolute Gasteiger partial charge is 0.123 e. The van der Waals surface area contributed by atoms with Gasteiger partial charge < -0.3 is 14.8 Å². The van der Waals surface area contributed by atoms with E-state index in [1.165, 1.54) is 18.4 Å². The van der Waals surface area contributed by atoms with Gasteiger partial charge in [0, 0.05) is 23.6 Å². The first-order valence-electron chi connectivity index (χ1n) is 6.99. The fraction of sp³-hybridized carbons (Fsp3) is 0.625. The third-order valence-corrected chi connectivity index (χ3v) is 3.99. The summed E-state index contributed by atoms with van der Waals surface area (Å²) in [7, 11) is 3.47. The second kappa shape index (κ2) is 5.41. The van der Waals surface area contributed by atoms with E-state index in [0.717, 1.165) is 23.6 Å². The van der Waals surface area contributed by atoms with E-state index >= 15 is 0 Å². The lowest BCUT2D eigenvalue weighted by atomic mass is 9.93. The van der Waals surface area contributed by atoms with Crippen LogP contribution in [0.2, 0.25) is 0 Å². The Morgan fingerprint density at radius 2 is 1.79 bits per heavy atom. The number of methoxy groups -OCH3 is 2. The van der Waals surface area contributed by atoms with Crippen LogP contribution in [0, 0.1) is 6.92 Å². The molecule has 106 valence electrons. The molecule has 1 aromatic rings. The molecular formula is C16H25NO2. The van der Waals surface area contributed by atoms with Gasteiger partial charge >= 0.3 is 0 Å². The SMILES string of the molecule is COc1cc(C2(CNC(C)C)CC2)c(OC)cc1C. The van der Waals surface area contributed by atoms with Crippen LogP contribution in [0.4, 0.5) is 0 Å². The molecule has 1 aliphatic rings. The Kier molecular flexibility index (Phi) is 4.04. The summed E-state index contributed by atoms with van der Waals surface area (Å²) in [5, 5.41) is 3.55. The molecular weight excluding hydrogens is 238 g/mol. The number of rotatable bonds is 6. The molecule has 0 aliphatic heterocycles. The number of aryl methyl sites for hydroxylation is 1. The third-order valence-electron chi connectivity index (χ3n) is 3.99. The van der Waals surface area contributed by atoms with Crippen LogP contribution in [0.15, 0.2) is 12.1 Å². The van der Waals surface area contributed by atoms with E-state index in [9.17, 15) is 0 Å². The van der Waals surface area contributed by atoms with Crippen LogP contribution in [-0.4, -0.2) is 26.8 Å². The molecule has 0 amide bonds. The van der Waals surface area contributed by atoms with Crippen LogP contribution < -0.4 is 14.8 Å². The van der Waals surface area contributed by atoms with Crippen molar-refractivity contribution < 1.29 is 9.47 Å². The summed E-state index contributed by atoms with van der Waals surface area (Å²) >= 11 is 0. The van der Waals surface area contributed by atoms with Crippen LogP contribution in [-0.2, 0) is 5.41 Å². The highest BCUT2D eigenvalue weighted by molar-refractivity contribution is 5.51. The fourth-order valence-corrected chi connectivity index (χ4v) is 2.56. The average Bonchev–Trinajstić information content (AvgIpc) is 3.17. The summed E-state index contributed by atoms with van der Waals surface area (Å²) in [6.45, 7) is 7.43. The molecule has 0 radical (unpaired) electrons. The van der Waals surface area contributed by atoms with Crippen molar-refractivity contribution in [3.63, 3.8) is 0 Å². The van der Waals surface area contributed by atoms with Gasteiger partial charge in [0.2, 0.25) is 0 Å². The standard InChI is InChI=1S/C16H25NO2/c1-11(2)17-10-16(6-7-16)13-9-14(18-4)12(3)8-15(13)19-5/h8-9,11,17H,6-7,10H2,1-5H3. The molecule has 19 heavy (non-hydrogen) atoms. The van der Waals surface area contributed by atoms with Gasteiger partial charge in [0.05, 0.1) is 14.2 Å². The zero-order valence-corrected chi connectivity index (χ0v) is 12.7. The molecule has 0 unspecified atom stereocenters. The fourth-order valence-electron chi connectivity index (χ4n) is 2.56. The molecule has 1 saturated carbocycles. The van der Waals surface area contributed by atoms with Gasteiger partial charge in [-0.25, -0.2) is 0 Å². The second-order valence-corrected chi connectivity index (χ2v) is 5.84. The first-order chi connectivity index (χ1) is 9.02. The van der Waals surface area contributed by atoms with E-state index < -0.39 is 0 Å². The van der Waals surface area contributed by atoms with Crippen molar-refractivity contribution in [2.45, 2.75) is 45.1 Å². The van der Waals surface area contributed by atoms with Gasteiger partial charge in [-0.1, -0.05) is 13.8 Å². The van der Waals surface area contributed by atoms with Gasteiger partial charge in [0.15, 0.2) is 0 Å². The number of hydrogen-bond acceptors (Lipinski definition) is 3. The number of hydrogen-bond donors (Lipinski definition) is 1. The Labute approximate surface area is 116 Å². The number of nitrogens with one attached hydrogen (secondary N) is 1. The molecule has 3 nitrogen and oxygen atoms in total. The van der Waals surface area contributed by atoms with Crippen LogP contribution >= 0.6 is 0 Å². The first kappa shape index (κ1) is 14.2. The minimum Gasteiger partial charge on any atom is -0.496 e. The van der Waals surface area contributed by atoms with E-state index in [0.29, 0.717) is 6.04 Å². The highest BCUT2D eigenvalue weighted by Gasteiger charge is 2.46. The predicted octanol–water partition coefficient (Wildman–Crippen LogP) is 3.04. The summed E-state index contributed by atoms with van der Waals surface area (Å²) in [6.07, 6.45) is 2.44. The molecule has 0 heterocycles. The van der Waals surface area contributed by atoms with Gasteiger partial charge in [-0.05, 0) is 37.5 Å². The third kappa shape index (κ3) is 2.86. The van der Waals surface area contributed by atoms with E-state index in [4.69, 9.17) is 9.47 Å². The minimum absolute atomic E-state index is 0.233. The Bertz CT molecular complexity index is 450. The maximum Gasteiger partial charge on any atom is 0.123 e. The molecule has 1 N–H and O–H groups in total.